The fraction of sp³-hybridized carbons (Fsp3) is 0. The quantitative estimate of drug-likeness (QED) is 0.277. The average molecular weight is 247 g/mol. The van der Waals surface area contributed by atoms with Crippen molar-refractivity contribution >= 4 is 17.6 Å². The van der Waals surface area contributed by atoms with Gasteiger partial charge in [0.15, 0.2) is 11.0 Å². The molecule has 2 aromatic heterocycles. The molecule has 0 saturated carbocycles. The Balaban J connectivity index is 2.23. The van der Waals surface area contributed by atoms with E-state index >= 15 is 0 Å². The minimum absolute atomic E-state index is 0.0460. The summed E-state index contributed by atoms with van der Waals surface area (Å²) in [6, 6.07) is 7.13. The van der Waals surface area contributed by atoms with Crippen molar-refractivity contribution in [2.24, 2.45) is 10.9 Å². The average Bonchev–Trinajstić information content (AvgIpc) is 2.39. The fourth-order valence-electron chi connectivity index (χ4n) is 1.08. The van der Waals surface area contributed by atoms with Crippen molar-refractivity contribution in [3.05, 3.63) is 42.4 Å². The van der Waals surface area contributed by atoms with E-state index in [2.05, 4.69) is 20.1 Å². The van der Waals surface area contributed by atoms with Crippen LogP contribution < -0.4 is 5.73 Å². The van der Waals surface area contributed by atoms with Crippen LogP contribution in [0.3, 0.4) is 0 Å². The molecule has 0 aliphatic carbocycles. The standard InChI is InChI=1S/C10H9N5OS/c11-9(15-16)7-4-6-13-10(14-7)17-8-3-1-2-5-12-8/h1-6,16H,(H2,11,15). The second-order valence-corrected chi connectivity index (χ2v) is 3.97. The van der Waals surface area contributed by atoms with Crippen LogP contribution in [-0.4, -0.2) is 26.0 Å². The fourth-order valence-corrected chi connectivity index (χ4v) is 1.79. The van der Waals surface area contributed by atoms with Gasteiger partial charge in [0.2, 0.25) is 0 Å². The second-order valence-electron chi connectivity index (χ2n) is 2.98. The van der Waals surface area contributed by atoms with Gasteiger partial charge in [0, 0.05) is 12.4 Å². The predicted octanol–water partition coefficient (Wildman–Crippen LogP) is 1.12. The van der Waals surface area contributed by atoms with Gasteiger partial charge in [0.1, 0.15) is 10.7 Å². The number of nitrogens with two attached hydrogens (primary N) is 1. The van der Waals surface area contributed by atoms with Crippen molar-refractivity contribution in [3.63, 3.8) is 0 Å². The summed E-state index contributed by atoms with van der Waals surface area (Å²) in [5, 5.41) is 12.7. The zero-order valence-electron chi connectivity index (χ0n) is 8.69. The van der Waals surface area contributed by atoms with Gasteiger partial charge in [-0.15, -0.1) is 0 Å². The first kappa shape index (κ1) is 11.3. The second kappa shape index (κ2) is 5.26. The van der Waals surface area contributed by atoms with Gasteiger partial charge in [0.05, 0.1) is 0 Å². The van der Waals surface area contributed by atoms with Gasteiger partial charge in [-0.2, -0.15) is 0 Å². The van der Waals surface area contributed by atoms with Crippen LogP contribution in [-0.2, 0) is 0 Å². The highest BCUT2D eigenvalue weighted by Crippen LogP contribution is 2.21. The number of hydrogen-bond donors (Lipinski definition) is 2. The smallest absolute Gasteiger partial charge is 0.194 e. The first-order valence-corrected chi connectivity index (χ1v) is 5.51. The maximum absolute atomic E-state index is 8.55. The zero-order valence-corrected chi connectivity index (χ0v) is 9.50. The van der Waals surface area contributed by atoms with Crippen LogP contribution in [0, 0.1) is 0 Å². The number of oxime groups is 1. The molecular weight excluding hydrogens is 238 g/mol. The minimum Gasteiger partial charge on any atom is -0.409 e. The highest BCUT2D eigenvalue weighted by molar-refractivity contribution is 7.99. The molecule has 7 heteroatoms. The lowest BCUT2D eigenvalue weighted by molar-refractivity contribution is 0.318. The molecule has 0 saturated heterocycles. The van der Waals surface area contributed by atoms with Crippen LogP contribution in [0.4, 0.5) is 0 Å². The number of pyridine rings is 1. The molecule has 0 unspecified atom stereocenters. The Morgan fingerprint density at radius 2 is 2.12 bits per heavy atom. The van der Waals surface area contributed by atoms with Crippen LogP contribution in [0.2, 0.25) is 0 Å². The van der Waals surface area contributed by atoms with Gasteiger partial charge in [-0.25, -0.2) is 15.0 Å². The Hall–Kier alpha value is -2.15. The molecule has 0 fully saturated rings. The van der Waals surface area contributed by atoms with Gasteiger partial charge in [0.25, 0.3) is 0 Å². The van der Waals surface area contributed by atoms with E-state index in [1.54, 1.807) is 18.5 Å². The van der Waals surface area contributed by atoms with E-state index in [9.17, 15) is 0 Å². The van der Waals surface area contributed by atoms with Crippen molar-refractivity contribution in [2.45, 2.75) is 10.2 Å². The molecule has 0 aliphatic heterocycles. The first-order valence-electron chi connectivity index (χ1n) is 4.69. The maximum Gasteiger partial charge on any atom is 0.194 e. The van der Waals surface area contributed by atoms with Gasteiger partial charge in [-0.05, 0) is 30.0 Å². The summed E-state index contributed by atoms with van der Waals surface area (Å²) >= 11 is 1.30. The molecule has 17 heavy (non-hydrogen) atoms. The number of amidine groups is 1. The van der Waals surface area contributed by atoms with E-state index in [1.807, 2.05) is 18.2 Å². The lowest BCUT2D eigenvalue weighted by Crippen LogP contribution is -2.15. The molecule has 0 bridgehead atoms. The van der Waals surface area contributed by atoms with Gasteiger partial charge < -0.3 is 10.9 Å². The van der Waals surface area contributed by atoms with Crippen LogP contribution in [0.25, 0.3) is 0 Å². The first-order chi connectivity index (χ1) is 8.29. The third-order valence-electron chi connectivity index (χ3n) is 1.84. The highest BCUT2D eigenvalue weighted by atomic mass is 32.2. The molecule has 0 amide bonds. The van der Waals surface area contributed by atoms with Crippen molar-refractivity contribution in [1.82, 2.24) is 15.0 Å². The Morgan fingerprint density at radius 3 is 2.82 bits per heavy atom. The number of nitrogens with zero attached hydrogens (tertiary/aromatic N) is 4. The minimum atomic E-state index is -0.0460. The Kier molecular flexibility index (Phi) is 3.51. The van der Waals surface area contributed by atoms with Crippen molar-refractivity contribution in [1.29, 1.82) is 0 Å². The highest BCUT2D eigenvalue weighted by Gasteiger charge is 2.05. The summed E-state index contributed by atoms with van der Waals surface area (Å²) in [6.07, 6.45) is 3.24. The van der Waals surface area contributed by atoms with Crippen LogP contribution in [0.15, 0.2) is 52.0 Å². The van der Waals surface area contributed by atoms with E-state index in [0.29, 0.717) is 10.9 Å². The van der Waals surface area contributed by atoms with Crippen LogP contribution in [0.5, 0.6) is 0 Å². The predicted molar refractivity (Wildman–Crippen MR) is 62.9 cm³/mol. The topological polar surface area (TPSA) is 97.3 Å². The molecule has 3 N–H and O–H groups in total. The lowest BCUT2D eigenvalue weighted by Gasteiger charge is -2.01. The number of rotatable bonds is 3. The van der Waals surface area contributed by atoms with Crippen LogP contribution in [0.1, 0.15) is 5.69 Å². The van der Waals surface area contributed by atoms with E-state index in [0.717, 1.165) is 5.03 Å². The largest absolute Gasteiger partial charge is 0.409 e. The molecule has 86 valence electrons. The monoisotopic (exact) mass is 247 g/mol. The van der Waals surface area contributed by atoms with Gasteiger partial charge in [-0.3, -0.25) is 0 Å². The van der Waals surface area contributed by atoms with Crippen LogP contribution >= 0.6 is 11.8 Å². The summed E-state index contributed by atoms with van der Waals surface area (Å²) in [6.45, 7) is 0. The summed E-state index contributed by atoms with van der Waals surface area (Å²) in [5.74, 6) is -0.0460. The molecule has 0 atom stereocenters. The SMILES string of the molecule is N/C(=N/O)c1ccnc(Sc2ccccn2)n1. The molecule has 0 aliphatic rings. The lowest BCUT2D eigenvalue weighted by atomic mass is 10.4. The molecule has 2 heterocycles. The number of hydrogen-bond acceptors (Lipinski definition) is 6. The molecule has 2 rings (SSSR count). The number of aromatic nitrogens is 3. The Morgan fingerprint density at radius 1 is 1.24 bits per heavy atom. The molecule has 6 nitrogen and oxygen atoms in total. The normalized spacial score (nSPS) is 11.4. The maximum atomic E-state index is 8.55. The van der Waals surface area contributed by atoms with Crippen molar-refractivity contribution in [3.8, 4) is 0 Å². The van der Waals surface area contributed by atoms with E-state index < -0.39 is 0 Å². The molecule has 0 spiro atoms. The van der Waals surface area contributed by atoms with E-state index in [-0.39, 0.29) is 5.84 Å². The molecule has 0 radical (unpaired) electrons. The Bertz CT molecular complexity index is 531. The zero-order chi connectivity index (χ0) is 12.1. The third-order valence-corrected chi connectivity index (χ3v) is 2.67. The summed E-state index contributed by atoms with van der Waals surface area (Å²) in [7, 11) is 0. The van der Waals surface area contributed by atoms with Gasteiger partial charge in [-0.1, -0.05) is 11.2 Å². The van der Waals surface area contributed by atoms with Gasteiger partial charge >= 0.3 is 0 Å². The molecule has 2 aromatic rings. The molecular formula is C10H9N5OS. The summed E-state index contributed by atoms with van der Waals surface area (Å²) < 4.78 is 0. The van der Waals surface area contributed by atoms with Crippen molar-refractivity contribution in [2.75, 3.05) is 0 Å². The third kappa shape index (κ3) is 2.91. The summed E-state index contributed by atoms with van der Waals surface area (Å²) in [4.78, 5) is 12.3. The van der Waals surface area contributed by atoms with E-state index in [1.165, 1.54) is 11.8 Å². The van der Waals surface area contributed by atoms with Crippen molar-refractivity contribution < 1.29 is 5.21 Å². The Labute approximate surface area is 102 Å². The molecule has 0 aromatic carbocycles. The summed E-state index contributed by atoms with van der Waals surface area (Å²) in [5.41, 5.74) is 5.82. The van der Waals surface area contributed by atoms with E-state index in [4.69, 9.17) is 10.9 Å².